The van der Waals surface area contributed by atoms with Crippen molar-refractivity contribution in [3.8, 4) is 11.1 Å². The van der Waals surface area contributed by atoms with Crippen LogP contribution >= 0.6 is 0 Å². The van der Waals surface area contributed by atoms with E-state index in [1.54, 1.807) is 29.2 Å². The van der Waals surface area contributed by atoms with Crippen LogP contribution in [0.5, 0.6) is 0 Å². The van der Waals surface area contributed by atoms with Crippen LogP contribution in [0.3, 0.4) is 0 Å². The van der Waals surface area contributed by atoms with Crippen molar-refractivity contribution in [2.75, 3.05) is 32.9 Å². The topological polar surface area (TPSA) is 49.8 Å². The van der Waals surface area contributed by atoms with Crippen molar-refractivity contribution >= 4 is 5.91 Å². The van der Waals surface area contributed by atoms with Gasteiger partial charge in [-0.1, -0.05) is 24.3 Å². The highest BCUT2D eigenvalue weighted by molar-refractivity contribution is 5.95. The van der Waals surface area contributed by atoms with E-state index in [4.69, 9.17) is 4.74 Å². The number of halogens is 1. The molecule has 4 nitrogen and oxygen atoms in total. The number of aliphatic hydroxyl groups excluding tert-OH is 1. The molecule has 0 saturated carbocycles. The zero-order chi connectivity index (χ0) is 16.9. The van der Waals surface area contributed by atoms with E-state index >= 15 is 0 Å². The van der Waals surface area contributed by atoms with Gasteiger partial charge in [0.05, 0.1) is 13.2 Å². The predicted octanol–water partition coefficient (Wildman–Crippen LogP) is 2.57. The first-order chi connectivity index (χ1) is 11.7. The van der Waals surface area contributed by atoms with Gasteiger partial charge in [0, 0.05) is 31.2 Å². The molecule has 126 valence electrons. The van der Waals surface area contributed by atoms with Crippen molar-refractivity contribution < 1.29 is 19.0 Å². The van der Waals surface area contributed by atoms with Gasteiger partial charge in [-0.25, -0.2) is 4.39 Å². The second-order valence-corrected chi connectivity index (χ2v) is 5.97. The van der Waals surface area contributed by atoms with Crippen molar-refractivity contribution in [1.29, 1.82) is 0 Å². The lowest BCUT2D eigenvalue weighted by molar-refractivity contribution is 0.0728. The SMILES string of the molecule is O=C(c1cccc(-c2cccc(F)c2)c1)N1CCOC[C@@H](CO)C1. The van der Waals surface area contributed by atoms with Gasteiger partial charge in [0.15, 0.2) is 0 Å². The number of carbonyl (C=O) groups is 1. The Morgan fingerprint density at radius 3 is 2.71 bits per heavy atom. The molecule has 0 bridgehead atoms. The van der Waals surface area contributed by atoms with E-state index in [9.17, 15) is 14.3 Å². The number of rotatable bonds is 3. The quantitative estimate of drug-likeness (QED) is 0.942. The van der Waals surface area contributed by atoms with Crippen LogP contribution in [-0.2, 0) is 4.74 Å². The molecule has 1 atom stereocenters. The van der Waals surface area contributed by atoms with Crippen LogP contribution < -0.4 is 0 Å². The number of carbonyl (C=O) groups excluding carboxylic acids is 1. The molecule has 1 saturated heterocycles. The second-order valence-electron chi connectivity index (χ2n) is 5.97. The molecule has 1 amide bonds. The van der Waals surface area contributed by atoms with Gasteiger partial charge in [0.2, 0.25) is 0 Å². The van der Waals surface area contributed by atoms with E-state index in [1.165, 1.54) is 12.1 Å². The summed E-state index contributed by atoms with van der Waals surface area (Å²) in [5.74, 6) is -0.472. The lowest BCUT2D eigenvalue weighted by atomic mass is 10.0. The Bertz CT molecular complexity index is 719. The molecule has 2 aromatic rings. The van der Waals surface area contributed by atoms with E-state index < -0.39 is 0 Å². The number of aliphatic hydroxyl groups is 1. The summed E-state index contributed by atoms with van der Waals surface area (Å²) in [5, 5.41) is 9.35. The molecule has 0 aromatic heterocycles. The number of hydrogen-bond donors (Lipinski definition) is 1. The number of nitrogens with zero attached hydrogens (tertiary/aromatic N) is 1. The van der Waals surface area contributed by atoms with Gasteiger partial charge in [-0.2, -0.15) is 0 Å². The van der Waals surface area contributed by atoms with E-state index in [0.29, 0.717) is 31.9 Å². The van der Waals surface area contributed by atoms with Crippen molar-refractivity contribution in [3.63, 3.8) is 0 Å². The number of hydrogen-bond acceptors (Lipinski definition) is 3. The van der Waals surface area contributed by atoms with Crippen LogP contribution in [0, 0.1) is 11.7 Å². The van der Waals surface area contributed by atoms with Crippen molar-refractivity contribution in [1.82, 2.24) is 4.90 Å². The monoisotopic (exact) mass is 329 g/mol. The lowest BCUT2D eigenvalue weighted by Crippen LogP contribution is -2.36. The minimum absolute atomic E-state index is 0.00683. The van der Waals surface area contributed by atoms with Crippen molar-refractivity contribution in [3.05, 3.63) is 59.9 Å². The highest BCUT2D eigenvalue weighted by Gasteiger charge is 2.23. The van der Waals surface area contributed by atoms with Gasteiger partial charge in [0.1, 0.15) is 5.82 Å². The Morgan fingerprint density at radius 1 is 1.21 bits per heavy atom. The average molecular weight is 329 g/mol. The molecule has 0 radical (unpaired) electrons. The molecular weight excluding hydrogens is 309 g/mol. The fraction of sp³-hybridized carbons (Fsp3) is 0.316. The van der Waals surface area contributed by atoms with Crippen LogP contribution in [0.1, 0.15) is 10.4 Å². The van der Waals surface area contributed by atoms with Crippen LogP contribution in [-0.4, -0.2) is 48.8 Å². The predicted molar refractivity (Wildman–Crippen MR) is 89.1 cm³/mol. The molecule has 5 heteroatoms. The Balaban J connectivity index is 1.84. The minimum Gasteiger partial charge on any atom is -0.396 e. The molecular formula is C19H20FNO3. The fourth-order valence-electron chi connectivity index (χ4n) is 2.86. The number of amides is 1. The van der Waals surface area contributed by atoms with Crippen LogP contribution in [0.15, 0.2) is 48.5 Å². The molecule has 1 fully saturated rings. The van der Waals surface area contributed by atoms with E-state index in [0.717, 1.165) is 11.1 Å². The maximum Gasteiger partial charge on any atom is 0.253 e. The number of ether oxygens (including phenoxy) is 1. The summed E-state index contributed by atoms with van der Waals surface area (Å²) in [6, 6.07) is 13.5. The standard InChI is InChI=1S/C19H20FNO3/c20-18-6-2-4-16(10-18)15-3-1-5-17(9-15)19(23)21-7-8-24-13-14(11-21)12-22/h1-6,9-10,14,22H,7-8,11-13H2/t14-/m1/s1. The lowest BCUT2D eigenvalue weighted by Gasteiger charge is -2.23. The molecule has 0 unspecified atom stereocenters. The van der Waals surface area contributed by atoms with Gasteiger partial charge < -0.3 is 14.7 Å². The molecule has 2 aromatic carbocycles. The zero-order valence-electron chi connectivity index (χ0n) is 13.3. The zero-order valence-corrected chi connectivity index (χ0v) is 13.3. The first-order valence-corrected chi connectivity index (χ1v) is 8.01. The van der Waals surface area contributed by atoms with Crippen molar-refractivity contribution in [2.24, 2.45) is 5.92 Å². The summed E-state index contributed by atoms with van der Waals surface area (Å²) in [7, 11) is 0. The van der Waals surface area contributed by atoms with E-state index in [2.05, 4.69) is 0 Å². The van der Waals surface area contributed by atoms with Gasteiger partial charge in [-0.05, 0) is 35.4 Å². The van der Waals surface area contributed by atoms with Gasteiger partial charge >= 0.3 is 0 Å². The molecule has 0 spiro atoms. The maximum atomic E-state index is 13.4. The Hall–Kier alpha value is -2.24. The summed E-state index contributed by atoms with van der Waals surface area (Å²) in [6.45, 7) is 1.89. The second kappa shape index (κ2) is 7.55. The molecule has 24 heavy (non-hydrogen) atoms. The van der Waals surface area contributed by atoms with Crippen molar-refractivity contribution in [2.45, 2.75) is 0 Å². The number of benzene rings is 2. The largest absolute Gasteiger partial charge is 0.396 e. The molecule has 3 rings (SSSR count). The summed E-state index contributed by atoms with van der Waals surface area (Å²) in [6.07, 6.45) is 0. The van der Waals surface area contributed by atoms with Gasteiger partial charge in [-0.3, -0.25) is 4.79 Å². The molecule has 1 heterocycles. The van der Waals surface area contributed by atoms with Crippen LogP contribution in [0.2, 0.25) is 0 Å². The van der Waals surface area contributed by atoms with Gasteiger partial charge in [-0.15, -0.1) is 0 Å². The highest BCUT2D eigenvalue weighted by Crippen LogP contribution is 2.22. The van der Waals surface area contributed by atoms with E-state index in [1.807, 2.05) is 12.1 Å². The average Bonchev–Trinajstić information content (AvgIpc) is 2.87. The first-order valence-electron chi connectivity index (χ1n) is 8.01. The third-order valence-corrected chi connectivity index (χ3v) is 4.15. The van der Waals surface area contributed by atoms with E-state index in [-0.39, 0.29) is 24.2 Å². The summed E-state index contributed by atoms with van der Waals surface area (Å²) < 4.78 is 18.8. The third kappa shape index (κ3) is 3.80. The minimum atomic E-state index is -0.306. The molecule has 0 aliphatic carbocycles. The third-order valence-electron chi connectivity index (χ3n) is 4.15. The summed E-state index contributed by atoms with van der Waals surface area (Å²) >= 11 is 0. The molecule has 1 aliphatic rings. The normalized spacial score (nSPS) is 18.2. The fourth-order valence-corrected chi connectivity index (χ4v) is 2.86. The smallest absolute Gasteiger partial charge is 0.253 e. The first kappa shape index (κ1) is 16.6. The summed E-state index contributed by atoms with van der Waals surface area (Å²) in [4.78, 5) is 14.5. The molecule has 1 aliphatic heterocycles. The highest BCUT2D eigenvalue weighted by atomic mass is 19.1. The van der Waals surface area contributed by atoms with Crippen LogP contribution in [0.4, 0.5) is 4.39 Å². The Morgan fingerprint density at radius 2 is 1.96 bits per heavy atom. The molecule has 1 N–H and O–H groups in total. The Kier molecular flexibility index (Phi) is 5.23. The maximum absolute atomic E-state index is 13.4. The van der Waals surface area contributed by atoms with Gasteiger partial charge in [0.25, 0.3) is 5.91 Å². The summed E-state index contributed by atoms with van der Waals surface area (Å²) in [5.41, 5.74) is 2.08. The van der Waals surface area contributed by atoms with Crippen LogP contribution in [0.25, 0.3) is 11.1 Å². The Labute approximate surface area is 140 Å².